The van der Waals surface area contributed by atoms with E-state index >= 15 is 0 Å². The van der Waals surface area contributed by atoms with Gasteiger partial charge in [-0.1, -0.05) is 30.3 Å². The molecule has 0 aliphatic carbocycles. The summed E-state index contributed by atoms with van der Waals surface area (Å²) in [5, 5.41) is 0. The van der Waals surface area contributed by atoms with E-state index in [0.717, 1.165) is 11.3 Å². The lowest BCUT2D eigenvalue weighted by molar-refractivity contribution is -0.140. The third-order valence-electron chi connectivity index (χ3n) is 5.10. The quantitative estimate of drug-likeness (QED) is 0.686. The molecule has 1 aliphatic rings. The van der Waals surface area contributed by atoms with Crippen molar-refractivity contribution in [3.63, 3.8) is 0 Å². The van der Waals surface area contributed by atoms with Crippen LogP contribution in [0.4, 0.5) is 4.39 Å². The third kappa shape index (κ3) is 4.31. The minimum atomic E-state index is -0.671. The Morgan fingerprint density at radius 1 is 1.17 bits per heavy atom. The van der Waals surface area contributed by atoms with E-state index in [4.69, 9.17) is 9.47 Å². The molecule has 2 aromatic rings. The number of benzene rings is 2. The van der Waals surface area contributed by atoms with E-state index in [9.17, 15) is 14.0 Å². The molecule has 5 nitrogen and oxygen atoms in total. The first-order valence-corrected chi connectivity index (χ1v) is 9.51. The van der Waals surface area contributed by atoms with Gasteiger partial charge in [0.2, 0.25) is 5.91 Å². The van der Waals surface area contributed by atoms with Crippen LogP contribution in [-0.4, -0.2) is 30.5 Å². The van der Waals surface area contributed by atoms with Crippen molar-refractivity contribution in [2.75, 3.05) is 13.7 Å². The summed E-state index contributed by atoms with van der Waals surface area (Å²) in [6.07, 6.45) is 0.00256. The first-order chi connectivity index (χ1) is 14.0. The summed E-state index contributed by atoms with van der Waals surface area (Å²) < 4.78 is 24.9. The summed E-state index contributed by atoms with van der Waals surface area (Å²) in [5.74, 6) is -1.08. The summed E-state index contributed by atoms with van der Waals surface area (Å²) in [5.41, 5.74) is 2.03. The molecule has 1 atom stereocenters. The van der Waals surface area contributed by atoms with Crippen molar-refractivity contribution in [1.29, 1.82) is 0 Å². The first-order valence-electron chi connectivity index (χ1n) is 9.51. The maximum absolute atomic E-state index is 14.5. The second kappa shape index (κ2) is 8.90. The Kier molecular flexibility index (Phi) is 6.32. The average molecular weight is 397 g/mol. The highest BCUT2D eigenvalue weighted by molar-refractivity contribution is 5.95. The SMILES string of the molecule is CCOC(=O)C1=C(C)N(Cc2ccc(OC)cc2)C(=O)CC1c1ccccc1F. The van der Waals surface area contributed by atoms with Gasteiger partial charge in [0.25, 0.3) is 0 Å². The summed E-state index contributed by atoms with van der Waals surface area (Å²) in [4.78, 5) is 27.2. The number of ether oxygens (including phenoxy) is 2. The van der Waals surface area contributed by atoms with Crippen LogP contribution in [0.1, 0.15) is 37.3 Å². The fourth-order valence-corrected chi connectivity index (χ4v) is 3.61. The fraction of sp³-hybridized carbons (Fsp3) is 0.304. The number of allylic oxidation sites excluding steroid dienone is 1. The van der Waals surface area contributed by atoms with E-state index in [0.29, 0.717) is 23.4 Å². The maximum atomic E-state index is 14.5. The number of hydrogen-bond acceptors (Lipinski definition) is 4. The Labute approximate surface area is 169 Å². The van der Waals surface area contributed by atoms with Crippen LogP contribution in [-0.2, 0) is 20.9 Å². The Balaban J connectivity index is 2.01. The van der Waals surface area contributed by atoms with Gasteiger partial charge in [-0.05, 0) is 43.2 Å². The molecule has 6 heteroatoms. The van der Waals surface area contributed by atoms with E-state index in [1.807, 2.05) is 24.3 Å². The predicted octanol–water partition coefficient (Wildman–Crippen LogP) is 4.19. The van der Waals surface area contributed by atoms with Crippen LogP contribution in [0.15, 0.2) is 59.8 Å². The Bertz CT molecular complexity index is 936. The molecule has 1 amide bonds. The average Bonchev–Trinajstić information content (AvgIpc) is 2.71. The molecule has 1 unspecified atom stereocenters. The van der Waals surface area contributed by atoms with Crippen molar-refractivity contribution in [2.45, 2.75) is 32.7 Å². The zero-order chi connectivity index (χ0) is 21.0. The van der Waals surface area contributed by atoms with Crippen LogP contribution < -0.4 is 4.74 Å². The number of carbonyl (C=O) groups excluding carboxylic acids is 2. The van der Waals surface area contributed by atoms with E-state index in [-0.39, 0.29) is 18.9 Å². The zero-order valence-corrected chi connectivity index (χ0v) is 16.8. The molecular formula is C23H24FNO4. The summed E-state index contributed by atoms with van der Waals surface area (Å²) in [7, 11) is 1.59. The third-order valence-corrected chi connectivity index (χ3v) is 5.10. The Morgan fingerprint density at radius 3 is 2.48 bits per heavy atom. The van der Waals surface area contributed by atoms with Crippen LogP contribution in [0.3, 0.4) is 0 Å². The van der Waals surface area contributed by atoms with Gasteiger partial charge in [-0.25, -0.2) is 9.18 Å². The van der Waals surface area contributed by atoms with E-state index in [1.54, 1.807) is 44.1 Å². The first kappa shape index (κ1) is 20.6. The number of carbonyl (C=O) groups is 2. The predicted molar refractivity (Wildman–Crippen MR) is 107 cm³/mol. The van der Waals surface area contributed by atoms with Crippen LogP contribution in [0.5, 0.6) is 5.75 Å². The molecule has 0 N–H and O–H groups in total. The van der Waals surface area contributed by atoms with Crippen molar-refractivity contribution in [3.8, 4) is 5.75 Å². The molecule has 2 aromatic carbocycles. The molecule has 1 heterocycles. The van der Waals surface area contributed by atoms with Crippen LogP contribution in [0.25, 0.3) is 0 Å². The van der Waals surface area contributed by atoms with E-state index < -0.39 is 17.7 Å². The van der Waals surface area contributed by atoms with Gasteiger partial charge in [-0.3, -0.25) is 4.79 Å². The molecule has 0 radical (unpaired) electrons. The minimum absolute atomic E-state index is 0.00256. The van der Waals surface area contributed by atoms with E-state index in [2.05, 4.69) is 0 Å². The molecule has 0 saturated carbocycles. The molecule has 0 aromatic heterocycles. The lowest BCUT2D eigenvalue weighted by Gasteiger charge is -2.34. The minimum Gasteiger partial charge on any atom is -0.497 e. The van der Waals surface area contributed by atoms with Crippen molar-refractivity contribution < 1.29 is 23.5 Å². The van der Waals surface area contributed by atoms with Crippen molar-refractivity contribution in [2.24, 2.45) is 0 Å². The molecular weight excluding hydrogens is 373 g/mol. The van der Waals surface area contributed by atoms with Crippen LogP contribution in [0.2, 0.25) is 0 Å². The lowest BCUT2D eigenvalue weighted by atomic mass is 9.83. The van der Waals surface area contributed by atoms with Crippen molar-refractivity contribution in [1.82, 2.24) is 4.90 Å². The molecule has 0 saturated heterocycles. The van der Waals surface area contributed by atoms with Gasteiger partial charge in [0, 0.05) is 18.0 Å². The number of nitrogens with zero attached hydrogens (tertiary/aromatic N) is 1. The van der Waals surface area contributed by atoms with Gasteiger partial charge >= 0.3 is 5.97 Å². The number of methoxy groups -OCH3 is 1. The maximum Gasteiger partial charge on any atom is 0.336 e. The van der Waals surface area contributed by atoms with E-state index in [1.165, 1.54) is 6.07 Å². The molecule has 0 bridgehead atoms. The molecule has 1 aliphatic heterocycles. The molecule has 0 fully saturated rings. The smallest absolute Gasteiger partial charge is 0.336 e. The highest BCUT2D eigenvalue weighted by atomic mass is 19.1. The fourth-order valence-electron chi connectivity index (χ4n) is 3.61. The van der Waals surface area contributed by atoms with Crippen LogP contribution >= 0.6 is 0 Å². The molecule has 152 valence electrons. The highest BCUT2D eigenvalue weighted by Crippen LogP contribution is 2.38. The summed E-state index contributed by atoms with van der Waals surface area (Å²) in [6, 6.07) is 13.6. The highest BCUT2D eigenvalue weighted by Gasteiger charge is 2.37. The monoisotopic (exact) mass is 397 g/mol. The topological polar surface area (TPSA) is 55.8 Å². The lowest BCUT2D eigenvalue weighted by Crippen LogP contribution is -2.38. The molecule has 29 heavy (non-hydrogen) atoms. The number of rotatable bonds is 6. The van der Waals surface area contributed by atoms with Crippen LogP contribution in [0, 0.1) is 5.82 Å². The summed E-state index contributed by atoms with van der Waals surface area (Å²) in [6.45, 7) is 3.93. The van der Waals surface area contributed by atoms with Crippen molar-refractivity contribution >= 4 is 11.9 Å². The van der Waals surface area contributed by atoms with Gasteiger partial charge in [0.1, 0.15) is 11.6 Å². The zero-order valence-electron chi connectivity index (χ0n) is 16.8. The molecule has 0 spiro atoms. The second-order valence-corrected chi connectivity index (χ2v) is 6.83. The Hall–Kier alpha value is -3.15. The number of halogens is 1. The number of hydrogen-bond donors (Lipinski definition) is 0. The normalized spacial score (nSPS) is 16.8. The van der Waals surface area contributed by atoms with Gasteiger partial charge in [-0.15, -0.1) is 0 Å². The van der Waals surface area contributed by atoms with Gasteiger partial charge in [-0.2, -0.15) is 0 Å². The standard InChI is InChI=1S/C23H24FNO4/c1-4-29-23(27)22-15(2)25(14-16-9-11-17(28-3)12-10-16)21(26)13-19(22)18-7-5-6-8-20(18)24/h5-12,19H,4,13-14H2,1-3H3. The van der Waals surface area contributed by atoms with Gasteiger partial charge < -0.3 is 14.4 Å². The summed E-state index contributed by atoms with van der Waals surface area (Å²) >= 11 is 0. The Morgan fingerprint density at radius 2 is 1.86 bits per heavy atom. The largest absolute Gasteiger partial charge is 0.497 e. The molecule has 3 rings (SSSR count). The number of amides is 1. The van der Waals surface area contributed by atoms with Gasteiger partial charge in [0.05, 0.1) is 25.8 Å². The number of esters is 1. The van der Waals surface area contributed by atoms with Gasteiger partial charge in [0.15, 0.2) is 0 Å². The van der Waals surface area contributed by atoms with Crippen molar-refractivity contribution in [3.05, 3.63) is 76.7 Å². The second-order valence-electron chi connectivity index (χ2n) is 6.83.